The molecule has 0 aliphatic rings. The number of hydrogen-bond acceptors (Lipinski definition) is 3. The number of ether oxygens (including phenoxy) is 1. The van der Waals surface area contributed by atoms with Crippen LogP contribution in [0.2, 0.25) is 10.0 Å². The summed E-state index contributed by atoms with van der Waals surface area (Å²) >= 11 is 11.8. The average molecular weight is 255 g/mol. The number of hydrogen-bond donors (Lipinski definition) is 0. The van der Waals surface area contributed by atoms with E-state index in [1.54, 1.807) is 18.2 Å². The monoisotopic (exact) mass is 254 g/mol. The molecule has 82 valence electrons. The second-order valence-corrected chi connectivity index (χ2v) is 3.94. The Morgan fingerprint density at radius 1 is 1.06 bits per heavy atom. The van der Waals surface area contributed by atoms with E-state index in [2.05, 4.69) is 10.2 Å². The van der Waals surface area contributed by atoms with Gasteiger partial charge >= 0.3 is 0 Å². The van der Waals surface area contributed by atoms with Gasteiger partial charge in [0.1, 0.15) is 5.02 Å². The topological polar surface area (TPSA) is 35.0 Å². The summed E-state index contributed by atoms with van der Waals surface area (Å²) in [5, 5.41) is 8.98. The maximum Gasteiger partial charge on any atom is 0.252 e. The Morgan fingerprint density at radius 2 is 1.75 bits per heavy atom. The van der Waals surface area contributed by atoms with Gasteiger partial charge in [0.2, 0.25) is 0 Å². The smallest absolute Gasteiger partial charge is 0.252 e. The molecule has 0 saturated carbocycles. The van der Waals surface area contributed by atoms with E-state index in [-0.39, 0.29) is 0 Å². The molecule has 0 amide bonds. The minimum Gasteiger partial charge on any atom is -0.479 e. The fraction of sp³-hybridized carbons (Fsp3) is 0.0909. The molecule has 2 aromatic rings. The van der Waals surface area contributed by atoms with Crippen molar-refractivity contribution in [1.82, 2.24) is 10.2 Å². The van der Waals surface area contributed by atoms with Crippen molar-refractivity contribution in [2.24, 2.45) is 0 Å². The Hall–Kier alpha value is -1.32. The highest BCUT2D eigenvalue weighted by molar-refractivity contribution is 6.32. The number of nitrogens with zero attached hydrogens (tertiary/aromatic N) is 2. The number of halogens is 2. The maximum atomic E-state index is 5.96. The number of rotatable bonds is 2. The van der Waals surface area contributed by atoms with Crippen LogP contribution in [0.5, 0.6) is 5.88 Å². The summed E-state index contributed by atoms with van der Waals surface area (Å²) in [7, 11) is 1.50. The summed E-state index contributed by atoms with van der Waals surface area (Å²) < 4.78 is 4.93. The van der Waals surface area contributed by atoms with Crippen molar-refractivity contribution >= 4 is 23.2 Å². The zero-order valence-electron chi connectivity index (χ0n) is 8.45. The third-order valence-electron chi connectivity index (χ3n) is 2.05. The molecule has 0 fully saturated rings. The fourth-order valence-electron chi connectivity index (χ4n) is 1.26. The van der Waals surface area contributed by atoms with Gasteiger partial charge in [-0.25, -0.2) is 0 Å². The normalized spacial score (nSPS) is 10.2. The van der Waals surface area contributed by atoms with Gasteiger partial charge in [-0.3, -0.25) is 0 Å². The Bertz CT molecular complexity index is 500. The van der Waals surface area contributed by atoms with Crippen LogP contribution in [0.3, 0.4) is 0 Å². The lowest BCUT2D eigenvalue weighted by atomic mass is 10.1. The van der Waals surface area contributed by atoms with Crippen LogP contribution in [0.15, 0.2) is 30.3 Å². The van der Waals surface area contributed by atoms with E-state index in [1.807, 2.05) is 12.1 Å². The van der Waals surface area contributed by atoms with Crippen LogP contribution in [-0.2, 0) is 0 Å². The molecule has 0 aliphatic heterocycles. The van der Waals surface area contributed by atoms with E-state index in [0.717, 1.165) is 5.56 Å². The molecule has 16 heavy (non-hydrogen) atoms. The van der Waals surface area contributed by atoms with Crippen molar-refractivity contribution in [1.29, 1.82) is 0 Å². The average Bonchev–Trinajstić information content (AvgIpc) is 2.30. The molecule has 5 heteroatoms. The minimum absolute atomic E-state index is 0.319. The Balaban J connectivity index is 2.41. The molecule has 0 atom stereocenters. The van der Waals surface area contributed by atoms with E-state index < -0.39 is 0 Å². The van der Waals surface area contributed by atoms with E-state index >= 15 is 0 Å². The summed E-state index contributed by atoms with van der Waals surface area (Å²) in [4.78, 5) is 0. The molecule has 0 bridgehead atoms. The predicted molar refractivity (Wildman–Crippen MR) is 64.0 cm³/mol. The molecule has 1 aromatic heterocycles. The Labute approximate surface area is 103 Å². The van der Waals surface area contributed by atoms with E-state index in [9.17, 15) is 0 Å². The Morgan fingerprint density at radius 3 is 2.31 bits per heavy atom. The zero-order chi connectivity index (χ0) is 11.5. The van der Waals surface area contributed by atoms with Crippen molar-refractivity contribution < 1.29 is 4.74 Å². The van der Waals surface area contributed by atoms with Gasteiger partial charge in [0.25, 0.3) is 5.88 Å². The van der Waals surface area contributed by atoms with E-state index in [1.165, 1.54) is 7.11 Å². The maximum absolute atomic E-state index is 5.96. The van der Waals surface area contributed by atoms with Gasteiger partial charge in [0.15, 0.2) is 0 Å². The van der Waals surface area contributed by atoms with Crippen LogP contribution < -0.4 is 4.74 Å². The quantitative estimate of drug-likeness (QED) is 0.824. The van der Waals surface area contributed by atoms with Crippen LogP contribution in [0, 0.1) is 0 Å². The molecule has 1 heterocycles. The third kappa shape index (κ3) is 2.26. The van der Waals surface area contributed by atoms with Crippen molar-refractivity contribution in [2.75, 3.05) is 7.11 Å². The highest BCUT2D eigenvalue weighted by Crippen LogP contribution is 2.26. The molecule has 0 N–H and O–H groups in total. The van der Waals surface area contributed by atoms with Gasteiger partial charge in [0.05, 0.1) is 12.8 Å². The molecule has 0 spiro atoms. The highest BCUT2D eigenvalue weighted by Gasteiger charge is 2.06. The van der Waals surface area contributed by atoms with Crippen molar-refractivity contribution in [3.05, 3.63) is 40.4 Å². The number of benzene rings is 1. The molecule has 0 unspecified atom stereocenters. The van der Waals surface area contributed by atoms with Gasteiger partial charge in [-0.15, -0.1) is 10.2 Å². The van der Waals surface area contributed by atoms with Crippen LogP contribution in [0.1, 0.15) is 0 Å². The SMILES string of the molecule is COc1nnc(-c2ccc(Cl)cc2)cc1Cl. The van der Waals surface area contributed by atoms with E-state index in [0.29, 0.717) is 21.6 Å². The summed E-state index contributed by atoms with van der Waals surface area (Å²) in [6, 6.07) is 8.99. The summed E-state index contributed by atoms with van der Waals surface area (Å²) in [6.45, 7) is 0. The first kappa shape index (κ1) is 11.2. The van der Waals surface area contributed by atoms with Crippen molar-refractivity contribution in [3.63, 3.8) is 0 Å². The second-order valence-electron chi connectivity index (χ2n) is 3.09. The molecule has 0 aliphatic carbocycles. The fourth-order valence-corrected chi connectivity index (χ4v) is 1.60. The van der Waals surface area contributed by atoms with Gasteiger partial charge in [-0.1, -0.05) is 35.3 Å². The lowest BCUT2D eigenvalue weighted by molar-refractivity contribution is 0.392. The molecule has 3 nitrogen and oxygen atoms in total. The molecule has 1 aromatic carbocycles. The molecule has 0 saturated heterocycles. The number of aromatic nitrogens is 2. The van der Waals surface area contributed by atoms with Gasteiger partial charge < -0.3 is 4.74 Å². The lowest BCUT2D eigenvalue weighted by Gasteiger charge is -2.03. The summed E-state index contributed by atoms with van der Waals surface area (Å²) in [5.41, 5.74) is 1.59. The van der Waals surface area contributed by atoms with Gasteiger partial charge in [-0.05, 0) is 18.2 Å². The largest absolute Gasteiger partial charge is 0.479 e. The number of methoxy groups -OCH3 is 1. The molecular weight excluding hydrogens is 247 g/mol. The summed E-state index contributed by atoms with van der Waals surface area (Å²) in [6.07, 6.45) is 0. The van der Waals surface area contributed by atoms with Crippen LogP contribution >= 0.6 is 23.2 Å². The predicted octanol–water partition coefficient (Wildman–Crippen LogP) is 3.46. The van der Waals surface area contributed by atoms with Crippen molar-refractivity contribution in [2.45, 2.75) is 0 Å². The lowest BCUT2D eigenvalue weighted by Crippen LogP contribution is -1.93. The standard InChI is InChI=1S/C11H8Cl2N2O/c1-16-11-9(13)6-10(14-15-11)7-2-4-8(12)5-3-7/h2-6H,1H3. The zero-order valence-corrected chi connectivity index (χ0v) is 9.96. The molecular formula is C11H8Cl2N2O. The highest BCUT2D eigenvalue weighted by atomic mass is 35.5. The van der Waals surface area contributed by atoms with E-state index in [4.69, 9.17) is 27.9 Å². The molecule has 0 radical (unpaired) electrons. The molecule has 2 rings (SSSR count). The van der Waals surface area contributed by atoms with Gasteiger partial charge in [0, 0.05) is 10.6 Å². The van der Waals surface area contributed by atoms with Crippen LogP contribution in [-0.4, -0.2) is 17.3 Å². The second kappa shape index (κ2) is 4.68. The third-order valence-corrected chi connectivity index (χ3v) is 2.57. The van der Waals surface area contributed by atoms with Gasteiger partial charge in [-0.2, -0.15) is 0 Å². The first-order valence-corrected chi connectivity index (χ1v) is 5.29. The van der Waals surface area contributed by atoms with Crippen LogP contribution in [0.25, 0.3) is 11.3 Å². The first-order valence-electron chi connectivity index (χ1n) is 4.54. The first-order chi connectivity index (χ1) is 7.70. The Kier molecular flexibility index (Phi) is 3.27. The minimum atomic E-state index is 0.319. The van der Waals surface area contributed by atoms with Crippen LogP contribution in [0.4, 0.5) is 0 Å². The summed E-state index contributed by atoms with van der Waals surface area (Å²) in [5.74, 6) is 0.319. The van der Waals surface area contributed by atoms with Crippen molar-refractivity contribution in [3.8, 4) is 17.1 Å².